The molecular weight excluding hydrogens is 304 g/mol. The van der Waals surface area contributed by atoms with E-state index in [4.69, 9.17) is 0 Å². The van der Waals surface area contributed by atoms with Crippen molar-refractivity contribution in [1.29, 1.82) is 0 Å². The summed E-state index contributed by atoms with van der Waals surface area (Å²) in [6, 6.07) is 0. The van der Waals surface area contributed by atoms with Gasteiger partial charge in [0.05, 0.1) is 0 Å². The fourth-order valence-corrected chi connectivity index (χ4v) is 5.56. The van der Waals surface area contributed by atoms with Crippen molar-refractivity contribution in [2.24, 2.45) is 0 Å². The summed E-state index contributed by atoms with van der Waals surface area (Å²) >= 11 is 1.52. The molecule has 0 radical (unpaired) electrons. The summed E-state index contributed by atoms with van der Waals surface area (Å²) in [6.45, 7) is 7.91. The van der Waals surface area contributed by atoms with Crippen LogP contribution in [0, 0.1) is 6.92 Å². The van der Waals surface area contributed by atoms with Gasteiger partial charge in [-0.05, 0) is 37.8 Å². The van der Waals surface area contributed by atoms with E-state index in [1.54, 1.807) is 4.31 Å². The second-order valence-corrected chi connectivity index (χ2v) is 8.15. The predicted molar refractivity (Wildman–Crippen MR) is 90.4 cm³/mol. The topological polar surface area (TPSA) is 49.4 Å². The molecule has 0 fully saturated rings. The number of aryl methyl sites for hydroxylation is 1. The molecule has 0 bridgehead atoms. The molecule has 0 saturated heterocycles. The summed E-state index contributed by atoms with van der Waals surface area (Å²) in [7, 11) is -1.54. The van der Waals surface area contributed by atoms with E-state index in [1.165, 1.54) is 11.3 Å². The monoisotopic (exact) mass is 332 g/mol. The smallest absolute Gasteiger partial charge is 0.244 e. The van der Waals surface area contributed by atoms with E-state index in [9.17, 15) is 8.42 Å². The molecule has 122 valence electrons. The number of nitrogens with one attached hydrogen (secondary N) is 1. The standard InChI is InChI=1S/C15H28N2O2S2/c1-5-7-9-17(10-8-6-2)21(18,19)15-13(3)12-20-14(15)11-16-4/h12,16H,5-11H2,1-4H3. The molecule has 0 atom stereocenters. The minimum Gasteiger partial charge on any atom is -0.315 e. The van der Waals surface area contributed by atoms with Crippen molar-refractivity contribution >= 4 is 21.4 Å². The van der Waals surface area contributed by atoms with Gasteiger partial charge in [-0.1, -0.05) is 26.7 Å². The summed E-state index contributed by atoms with van der Waals surface area (Å²) < 4.78 is 27.7. The van der Waals surface area contributed by atoms with E-state index in [0.717, 1.165) is 36.1 Å². The first-order chi connectivity index (χ1) is 9.98. The highest BCUT2D eigenvalue weighted by Crippen LogP contribution is 2.30. The maximum Gasteiger partial charge on any atom is 0.244 e. The predicted octanol–water partition coefficient (Wildman–Crippen LogP) is 3.37. The van der Waals surface area contributed by atoms with Crippen LogP contribution >= 0.6 is 11.3 Å². The van der Waals surface area contributed by atoms with E-state index in [0.29, 0.717) is 24.5 Å². The van der Waals surface area contributed by atoms with E-state index >= 15 is 0 Å². The van der Waals surface area contributed by atoms with Gasteiger partial charge >= 0.3 is 0 Å². The molecule has 4 nitrogen and oxygen atoms in total. The van der Waals surface area contributed by atoms with E-state index in [-0.39, 0.29) is 0 Å². The van der Waals surface area contributed by atoms with Gasteiger partial charge < -0.3 is 5.32 Å². The first kappa shape index (κ1) is 18.6. The van der Waals surface area contributed by atoms with Crippen molar-refractivity contribution in [3.8, 4) is 0 Å². The molecule has 1 N–H and O–H groups in total. The normalized spacial score (nSPS) is 12.2. The Morgan fingerprint density at radius 2 is 1.76 bits per heavy atom. The third-order valence-corrected chi connectivity index (χ3v) is 6.81. The van der Waals surface area contributed by atoms with Crippen LogP contribution in [0.15, 0.2) is 10.3 Å². The number of nitrogens with zero attached hydrogens (tertiary/aromatic N) is 1. The van der Waals surface area contributed by atoms with Gasteiger partial charge in [0.15, 0.2) is 0 Å². The van der Waals surface area contributed by atoms with Crippen LogP contribution in [0.4, 0.5) is 0 Å². The van der Waals surface area contributed by atoms with Gasteiger partial charge in [-0.3, -0.25) is 0 Å². The second-order valence-electron chi connectivity index (χ2n) is 5.31. The number of hydrogen-bond donors (Lipinski definition) is 1. The van der Waals surface area contributed by atoms with E-state index in [1.807, 2.05) is 19.4 Å². The second kappa shape index (κ2) is 8.88. The molecule has 0 unspecified atom stereocenters. The Balaban J connectivity index is 3.11. The van der Waals surface area contributed by atoms with Gasteiger partial charge in [0.2, 0.25) is 10.0 Å². The first-order valence-corrected chi connectivity index (χ1v) is 10.0. The Labute approximate surface area is 133 Å². The fraction of sp³-hybridized carbons (Fsp3) is 0.733. The number of unbranched alkanes of at least 4 members (excludes halogenated alkanes) is 2. The summed E-state index contributed by atoms with van der Waals surface area (Å²) in [4.78, 5) is 1.43. The lowest BCUT2D eigenvalue weighted by molar-refractivity contribution is 0.395. The zero-order valence-corrected chi connectivity index (χ0v) is 15.2. The highest BCUT2D eigenvalue weighted by atomic mass is 32.2. The first-order valence-electron chi connectivity index (χ1n) is 7.70. The maximum atomic E-state index is 13.0. The Hall–Kier alpha value is -0.430. The lowest BCUT2D eigenvalue weighted by Gasteiger charge is -2.22. The number of rotatable bonds is 10. The zero-order chi connectivity index (χ0) is 15.9. The van der Waals surface area contributed by atoms with Crippen LogP contribution in [-0.2, 0) is 16.6 Å². The third-order valence-electron chi connectivity index (χ3n) is 3.45. The lowest BCUT2D eigenvalue weighted by atomic mass is 10.3. The molecule has 0 spiro atoms. The average molecular weight is 333 g/mol. The fourth-order valence-electron chi connectivity index (χ4n) is 2.27. The van der Waals surface area contributed by atoms with Crippen molar-refractivity contribution < 1.29 is 8.42 Å². The minimum atomic E-state index is -3.38. The average Bonchev–Trinajstić information content (AvgIpc) is 2.80. The van der Waals surface area contributed by atoms with Crippen molar-refractivity contribution in [1.82, 2.24) is 9.62 Å². The molecule has 0 saturated carbocycles. The molecule has 1 aromatic heterocycles. The van der Waals surface area contributed by atoms with Gasteiger partial charge in [0.1, 0.15) is 4.90 Å². The number of hydrogen-bond acceptors (Lipinski definition) is 4. The molecule has 1 heterocycles. The van der Waals surface area contributed by atoms with Crippen LogP contribution in [0.2, 0.25) is 0 Å². The van der Waals surface area contributed by atoms with Crippen molar-refractivity contribution in [2.75, 3.05) is 20.1 Å². The summed E-state index contributed by atoms with van der Waals surface area (Å²) in [6.07, 6.45) is 3.83. The van der Waals surface area contributed by atoms with Crippen LogP contribution in [-0.4, -0.2) is 32.9 Å². The SMILES string of the molecule is CCCCN(CCCC)S(=O)(=O)c1c(C)csc1CNC. The quantitative estimate of drug-likeness (QED) is 0.715. The molecule has 21 heavy (non-hydrogen) atoms. The van der Waals surface area contributed by atoms with Gasteiger partial charge in [0.25, 0.3) is 0 Å². The molecule has 6 heteroatoms. The molecule has 0 aliphatic rings. The minimum absolute atomic E-state index is 0.522. The molecular formula is C15H28N2O2S2. The van der Waals surface area contributed by atoms with Crippen molar-refractivity contribution in [3.05, 3.63) is 15.8 Å². The van der Waals surface area contributed by atoms with Crippen LogP contribution in [0.25, 0.3) is 0 Å². The Morgan fingerprint density at radius 3 is 2.24 bits per heavy atom. The van der Waals surface area contributed by atoms with Gasteiger partial charge in [-0.25, -0.2) is 8.42 Å². The molecule has 1 rings (SSSR count). The van der Waals surface area contributed by atoms with Gasteiger partial charge in [-0.2, -0.15) is 4.31 Å². The molecule has 0 aromatic carbocycles. The Bertz CT molecular complexity index is 516. The summed E-state index contributed by atoms with van der Waals surface area (Å²) in [5.41, 5.74) is 0.864. The molecule has 0 aliphatic carbocycles. The van der Waals surface area contributed by atoms with Crippen LogP contribution in [0.5, 0.6) is 0 Å². The van der Waals surface area contributed by atoms with Gasteiger partial charge in [0, 0.05) is 24.5 Å². The Morgan fingerprint density at radius 1 is 1.19 bits per heavy atom. The van der Waals surface area contributed by atoms with Crippen LogP contribution < -0.4 is 5.32 Å². The highest BCUT2D eigenvalue weighted by Gasteiger charge is 2.28. The molecule has 0 amide bonds. The van der Waals surface area contributed by atoms with E-state index in [2.05, 4.69) is 19.2 Å². The zero-order valence-electron chi connectivity index (χ0n) is 13.6. The highest BCUT2D eigenvalue weighted by molar-refractivity contribution is 7.89. The van der Waals surface area contributed by atoms with Gasteiger partial charge in [-0.15, -0.1) is 11.3 Å². The van der Waals surface area contributed by atoms with Crippen LogP contribution in [0.1, 0.15) is 50.0 Å². The number of thiophene rings is 1. The lowest BCUT2D eigenvalue weighted by Crippen LogP contribution is -2.33. The maximum absolute atomic E-state index is 13.0. The summed E-state index contributed by atoms with van der Waals surface area (Å²) in [5.74, 6) is 0. The summed E-state index contributed by atoms with van der Waals surface area (Å²) in [5, 5.41) is 5.00. The third kappa shape index (κ3) is 4.77. The van der Waals surface area contributed by atoms with Crippen molar-refractivity contribution in [2.45, 2.75) is 57.9 Å². The van der Waals surface area contributed by atoms with Crippen LogP contribution in [0.3, 0.4) is 0 Å². The molecule has 1 aromatic rings. The number of sulfonamides is 1. The largest absolute Gasteiger partial charge is 0.315 e. The van der Waals surface area contributed by atoms with E-state index < -0.39 is 10.0 Å². The Kier molecular flexibility index (Phi) is 7.87. The molecule has 0 aliphatic heterocycles. The van der Waals surface area contributed by atoms with Crippen molar-refractivity contribution in [3.63, 3.8) is 0 Å².